The van der Waals surface area contributed by atoms with Crippen LogP contribution in [-0.4, -0.2) is 29.3 Å². The Labute approximate surface area is 198 Å². The molecule has 3 aromatic rings. The van der Waals surface area contributed by atoms with E-state index in [0.29, 0.717) is 11.4 Å². The van der Waals surface area contributed by atoms with Crippen LogP contribution in [0.1, 0.15) is 22.3 Å². The molecule has 3 N–H and O–H groups in total. The van der Waals surface area contributed by atoms with Crippen molar-refractivity contribution in [3.63, 3.8) is 0 Å². The van der Waals surface area contributed by atoms with Crippen LogP contribution in [0.3, 0.4) is 0 Å². The van der Waals surface area contributed by atoms with Crippen molar-refractivity contribution in [2.24, 2.45) is 0 Å². The first-order valence-electron chi connectivity index (χ1n) is 10.1. The summed E-state index contributed by atoms with van der Waals surface area (Å²) in [6.07, 6.45) is 0.0475. The van der Waals surface area contributed by atoms with E-state index < -0.39 is 26.0 Å². The molecule has 34 heavy (non-hydrogen) atoms. The smallest absolute Gasteiger partial charge is 0.261 e. The Kier molecular flexibility index (Phi) is 7.68. The number of sulfonamides is 2. The molecule has 0 saturated carbocycles. The molecule has 1 amide bonds. The monoisotopic (exact) mass is 498 g/mol. The number of aryl methyl sites for hydroxylation is 1. The van der Waals surface area contributed by atoms with Gasteiger partial charge in [-0.1, -0.05) is 17.7 Å². The molecule has 0 saturated heterocycles. The Balaban J connectivity index is 1.63. The van der Waals surface area contributed by atoms with Crippen molar-refractivity contribution in [1.82, 2.24) is 4.72 Å². The summed E-state index contributed by atoms with van der Waals surface area (Å²) >= 11 is 0. The molecular formula is C23H22N4O5S2. The largest absolute Gasteiger partial charge is 0.322 e. The average molecular weight is 499 g/mol. The highest BCUT2D eigenvalue weighted by atomic mass is 32.2. The summed E-state index contributed by atoms with van der Waals surface area (Å²) < 4.78 is 54.1. The van der Waals surface area contributed by atoms with Crippen molar-refractivity contribution >= 4 is 37.3 Å². The lowest BCUT2D eigenvalue weighted by atomic mass is 10.2. The number of amides is 1. The number of hydrogen-bond acceptors (Lipinski definition) is 6. The molecule has 3 aromatic carbocycles. The molecular weight excluding hydrogens is 476 g/mol. The summed E-state index contributed by atoms with van der Waals surface area (Å²) in [7, 11) is -7.51. The molecule has 0 aromatic heterocycles. The van der Waals surface area contributed by atoms with E-state index in [9.17, 15) is 21.6 Å². The van der Waals surface area contributed by atoms with Gasteiger partial charge in [-0.2, -0.15) is 5.26 Å². The first-order chi connectivity index (χ1) is 16.1. The van der Waals surface area contributed by atoms with E-state index in [0.717, 1.165) is 5.56 Å². The fraction of sp³-hybridized carbons (Fsp3) is 0.130. The van der Waals surface area contributed by atoms with E-state index in [4.69, 9.17) is 5.26 Å². The zero-order chi connectivity index (χ0) is 24.8. The lowest BCUT2D eigenvalue weighted by molar-refractivity contribution is 0.102. The lowest BCUT2D eigenvalue weighted by Crippen LogP contribution is -2.24. The summed E-state index contributed by atoms with van der Waals surface area (Å²) in [5, 5.41) is 11.2. The van der Waals surface area contributed by atoms with Crippen LogP contribution in [-0.2, 0) is 20.0 Å². The van der Waals surface area contributed by atoms with E-state index in [2.05, 4.69) is 14.8 Å². The third kappa shape index (κ3) is 6.41. The van der Waals surface area contributed by atoms with E-state index in [-0.39, 0.29) is 28.3 Å². The Hall–Kier alpha value is -3.72. The zero-order valence-electron chi connectivity index (χ0n) is 18.1. The molecule has 176 valence electrons. The van der Waals surface area contributed by atoms with Crippen LogP contribution in [0.4, 0.5) is 11.4 Å². The van der Waals surface area contributed by atoms with Crippen molar-refractivity contribution in [3.05, 3.63) is 83.9 Å². The van der Waals surface area contributed by atoms with Crippen LogP contribution in [0, 0.1) is 18.3 Å². The van der Waals surface area contributed by atoms with Crippen molar-refractivity contribution in [2.45, 2.75) is 23.1 Å². The van der Waals surface area contributed by atoms with E-state index in [1.165, 1.54) is 48.5 Å². The summed E-state index contributed by atoms with van der Waals surface area (Å²) in [6, 6.07) is 19.8. The predicted octanol–water partition coefficient (Wildman–Crippen LogP) is 3.24. The van der Waals surface area contributed by atoms with Crippen molar-refractivity contribution in [2.75, 3.05) is 16.6 Å². The Morgan fingerprint density at radius 1 is 0.794 bits per heavy atom. The molecule has 0 heterocycles. The van der Waals surface area contributed by atoms with Crippen LogP contribution in [0.2, 0.25) is 0 Å². The van der Waals surface area contributed by atoms with Gasteiger partial charge in [0.05, 0.1) is 15.9 Å². The molecule has 0 bridgehead atoms. The Morgan fingerprint density at radius 3 is 1.91 bits per heavy atom. The van der Waals surface area contributed by atoms with Gasteiger partial charge < -0.3 is 5.32 Å². The van der Waals surface area contributed by atoms with Gasteiger partial charge in [0, 0.05) is 29.9 Å². The van der Waals surface area contributed by atoms with Gasteiger partial charge in [-0.3, -0.25) is 9.52 Å². The molecule has 11 heteroatoms. The number of nitriles is 1. The van der Waals surface area contributed by atoms with Gasteiger partial charge in [0.15, 0.2) is 0 Å². The summed E-state index contributed by atoms with van der Waals surface area (Å²) in [5.74, 6) is -0.464. The van der Waals surface area contributed by atoms with Gasteiger partial charge in [0.2, 0.25) is 10.0 Å². The first kappa shape index (κ1) is 24.9. The van der Waals surface area contributed by atoms with E-state index in [1.807, 2.05) is 13.0 Å². The number of hydrogen-bond donors (Lipinski definition) is 3. The second kappa shape index (κ2) is 10.5. The molecule has 0 fully saturated rings. The third-order valence-electron chi connectivity index (χ3n) is 4.68. The summed E-state index contributed by atoms with van der Waals surface area (Å²) in [4.78, 5) is 12.6. The van der Waals surface area contributed by atoms with Gasteiger partial charge in [0.25, 0.3) is 15.9 Å². The Morgan fingerprint density at radius 2 is 1.32 bits per heavy atom. The number of nitrogens with zero attached hydrogens (tertiary/aromatic N) is 1. The van der Waals surface area contributed by atoms with E-state index >= 15 is 0 Å². The number of rotatable bonds is 9. The maximum absolute atomic E-state index is 12.5. The predicted molar refractivity (Wildman–Crippen MR) is 128 cm³/mol. The fourth-order valence-corrected chi connectivity index (χ4v) is 4.96. The maximum Gasteiger partial charge on any atom is 0.261 e. The van der Waals surface area contributed by atoms with Gasteiger partial charge >= 0.3 is 0 Å². The van der Waals surface area contributed by atoms with Crippen LogP contribution < -0.4 is 14.8 Å². The molecule has 0 spiro atoms. The minimum absolute atomic E-state index is 0.00174. The molecule has 9 nitrogen and oxygen atoms in total. The van der Waals surface area contributed by atoms with Crippen molar-refractivity contribution in [1.29, 1.82) is 5.26 Å². The van der Waals surface area contributed by atoms with Crippen LogP contribution in [0.25, 0.3) is 0 Å². The van der Waals surface area contributed by atoms with Crippen LogP contribution in [0.15, 0.2) is 82.6 Å². The maximum atomic E-state index is 12.5. The number of anilines is 2. The number of nitrogens with one attached hydrogen (secondary N) is 3. The summed E-state index contributed by atoms with van der Waals surface area (Å²) in [5.41, 5.74) is 1.94. The second-order valence-corrected chi connectivity index (χ2v) is 10.7. The number of carbonyl (C=O) groups is 1. The second-order valence-electron chi connectivity index (χ2n) is 7.28. The van der Waals surface area contributed by atoms with Crippen molar-refractivity contribution in [3.8, 4) is 6.07 Å². The minimum Gasteiger partial charge on any atom is -0.322 e. The number of benzene rings is 3. The van der Waals surface area contributed by atoms with E-state index in [1.54, 1.807) is 24.3 Å². The molecule has 0 aliphatic carbocycles. The standard InChI is InChI=1S/C23H22N4O5S2/c1-17-3-11-22(12-4-17)34(31,32)27-20-9-7-19(8-10-20)26-23(28)18-5-13-21(14-6-18)33(29,30)25-16-2-15-24/h3-14,25,27H,2,16H2,1H3,(H,26,28). The highest BCUT2D eigenvalue weighted by Gasteiger charge is 2.16. The first-order valence-corrected chi connectivity index (χ1v) is 13.0. The minimum atomic E-state index is -3.76. The van der Waals surface area contributed by atoms with Gasteiger partial charge in [-0.25, -0.2) is 21.6 Å². The van der Waals surface area contributed by atoms with Crippen molar-refractivity contribution < 1.29 is 21.6 Å². The fourth-order valence-electron chi connectivity index (χ4n) is 2.87. The van der Waals surface area contributed by atoms with Crippen LogP contribution >= 0.6 is 0 Å². The highest BCUT2D eigenvalue weighted by molar-refractivity contribution is 7.92. The normalized spacial score (nSPS) is 11.4. The topological polar surface area (TPSA) is 145 Å². The molecule has 0 aliphatic heterocycles. The molecule has 0 aliphatic rings. The number of carbonyl (C=O) groups excluding carboxylic acids is 1. The molecule has 0 radical (unpaired) electrons. The quantitative estimate of drug-likeness (QED) is 0.386. The lowest BCUT2D eigenvalue weighted by Gasteiger charge is -2.10. The molecule has 3 rings (SSSR count). The summed E-state index contributed by atoms with van der Waals surface area (Å²) in [6.45, 7) is 1.86. The third-order valence-corrected chi connectivity index (χ3v) is 7.56. The SMILES string of the molecule is Cc1ccc(S(=O)(=O)Nc2ccc(NC(=O)c3ccc(S(=O)(=O)NCCC#N)cc3)cc2)cc1. The molecule has 0 atom stereocenters. The zero-order valence-corrected chi connectivity index (χ0v) is 19.8. The molecule has 0 unspecified atom stereocenters. The van der Waals surface area contributed by atoms with Gasteiger partial charge in [0.1, 0.15) is 0 Å². The van der Waals surface area contributed by atoms with Gasteiger partial charge in [-0.05, 0) is 67.6 Å². The average Bonchev–Trinajstić information content (AvgIpc) is 2.80. The highest BCUT2D eigenvalue weighted by Crippen LogP contribution is 2.20. The van der Waals surface area contributed by atoms with Crippen LogP contribution in [0.5, 0.6) is 0 Å². The Bertz CT molecular complexity index is 1410. The van der Waals surface area contributed by atoms with Gasteiger partial charge in [-0.15, -0.1) is 0 Å².